The first-order valence-electron chi connectivity index (χ1n) is 5.33. The molecule has 0 aliphatic carbocycles. The first kappa shape index (κ1) is 14.3. The Balaban J connectivity index is 2.46. The van der Waals surface area contributed by atoms with Crippen LogP contribution < -0.4 is 5.32 Å². The van der Waals surface area contributed by atoms with Gasteiger partial charge < -0.3 is 15.2 Å². The molecular formula is C11H12N4O4. The number of aliphatic carboxylic acids is 1. The zero-order valence-corrected chi connectivity index (χ0v) is 10.1. The molecular weight excluding hydrogens is 252 g/mol. The van der Waals surface area contributed by atoms with E-state index in [2.05, 4.69) is 15.3 Å². The minimum absolute atomic E-state index is 0.00524. The predicted molar refractivity (Wildman–Crippen MR) is 65.7 cm³/mol. The Morgan fingerprint density at radius 3 is 2.63 bits per heavy atom. The highest BCUT2D eigenvalue weighted by atomic mass is 16.5. The van der Waals surface area contributed by atoms with Crippen LogP contribution in [0.3, 0.4) is 0 Å². The smallest absolute Gasteiger partial charge is 0.408 e. The summed E-state index contributed by atoms with van der Waals surface area (Å²) in [5, 5.41) is 14.1. The quantitative estimate of drug-likeness (QED) is 0.481. The summed E-state index contributed by atoms with van der Waals surface area (Å²) in [5.41, 5.74) is 9.37. The van der Waals surface area contributed by atoms with Gasteiger partial charge in [0.15, 0.2) is 0 Å². The van der Waals surface area contributed by atoms with Crippen LogP contribution in [0.25, 0.3) is 10.4 Å². The number of hydrogen-bond donors (Lipinski definition) is 2. The number of nitrogens with one attached hydrogen (secondary N) is 1. The Kier molecular flexibility index (Phi) is 5.18. The molecule has 1 atom stereocenters. The van der Waals surface area contributed by atoms with Crippen molar-refractivity contribution >= 4 is 17.7 Å². The highest BCUT2D eigenvalue weighted by molar-refractivity contribution is 5.79. The normalized spacial score (nSPS) is 11.0. The minimum Gasteiger partial charge on any atom is -0.480 e. The number of hydrogen-bond acceptors (Lipinski definition) is 4. The largest absolute Gasteiger partial charge is 0.480 e. The van der Waals surface area contributed by atoms with Crippen molar-refractivity contribution in [2.24, 2.45) is 5.11 Å². The average Bonchev–Trinajstić information content (AvgIpc) is 2.38. The van der Waals surface area contributed by atoms with E-state index in [-0.39, 0.29) is 6.61 Å². The lowest BCUT2D eigenvalue weighted by Gasteiger charge is -2.10. The van der Waals surface area contributed by atoms with Gasteiger partial charge in [-0.25, -0.2) is 4.79 Å². The van der Waals surface area contributed by atoms with Gasteiger partial charge in [-0.05, 0) is 18.0 Å². The monoisotopic (exact) mass is 264 g/mol. The number of carboxylic acids is 1. The summed E-state index contributed by atoms with van der Waals surface area (Å²) in [6, 6.07) is 5.42. The van der Waals surface area contributed by atoms with Gasteiger partial charge in [-0.3, -0.25) is 4.79 Å². The topological polar surface area (TPSA) is 124 Å². The van der Waals surface area contributed by atoms with Crippen molar-refractivity contribution in [3.05, 3.63) is 40.3 Å². The first-order chi connectivity index (χ1) is 9.02. The second kappa shape index (κ2) is 6.87. The summed E-state index contributed by atoms with van der Waals surface area (Å²) in [6.07, 6.45) is -0.811. The van der Waals surface area contributed by atoms with Crippen LogP contribution in [0.5, 0.6) is 0 Å². The SMILES string of the molecule is CC(NC(=O)OCc1ccc(N=[N+]=[N-])cc1)C(=O)O. The van der Waals surface area contributed by atoms with Gasteiger partial charge in [0.25, 0.3) is 0 Å². The van der Waals surface area contributed by atoms with Crippen molar-refractivity contribution in [2.45, 2.75) is 19.6 Å². The third-order valence-electron chi connectivity index (χ3n) is 2.17. The minimum atomic E-state index is -1.14. The van der Waals surface area contributed by atoms with E-state index in [9.17, 15) is 9.59 Å². The summed E-state index contributed by atoms with van der Waals surface area (Å²) in [5.74, 6) is -1.14. The van der Waals surface area contributed by atoms with Crippen LogP contribution in [0, 0.1) is 0 Å². The average molecular weight is 264 g/mol. The van der Waals surface area contributed by atoms with Crippen molar-refractivity contribution in [1.29, 1.82) is 0 Å². The number of carboxylic acid groups (broad SMARTS) is 1. The Bertz CT molecular complexity index is 508. The molecule has 8 heteroatoms. The highest BCUT2D eigenvalue weighted by Gasteiger charge is 2.14. The van der Waals surface area contributed by atoms with Crippen molar-refractivity contribution in [3.63, 3.8) is 0 Å². The van der Waals surface area contributed by atoms with Gasteiger partial charge >= 0.3 is 12.1 Å². The van der Waals surface area contributed by atoms with Crippen molar-refractivity contribution in [1.82, 2.24) is 5.32 Å². The van der Waals surface area contributed by atoms with Crippen LogP contribution in [0.1, 0.15) is 12.5 Å². The maximum atomic E-state index is 11.2. The summed E-state index contributed by atoms with van der Waals surface area (Å²) in [7, 11) is 0. The van der Waals surface area contributed by atoms with E-state index < -0.39 is 18.1 Å². The van der Waals surface area contributed by atoms with E-state index in [0.29, 0.717) is 11.3 Å². The molecule has 100 valence electrons. The van der Waals surface area contributed by atoms with Gasteiger partial charge in [-0.2, -0.15) is 0 Å². The van der Waals surface area contributed by atoms with Crippen molar-refractivity contribution < 1.29 is 19.4 Å². The lowest BCUT2D eigenvalue weighted by Crippen LogP contribution is -2.38. The first-order valence-corrected chi connectivity index (χ1v) is 5.33. The highest BCUT2D eigenvalue weighted by Crippen LogP contribution is 2.13. The van der Waals surface area contributed by atoms with Gasteiger partial charge in [0.05, 0.1) is 0 Å². The van der Waals surface area contributed by atoms with E-state index in [1.54, 1.807) is 24.3 Å². The Morgan fingerprint density at radius 1 is 1.47 bits per heavy atom. The summed E-state index contributed by atoms with van der Waals surface area (Å²) >= 11 is 0. The Hall–Kier alpha value is -2.73. The Labute approximate surface area is 108 Å². The van der Waals surface area contributed by atoms with Crippen molar-refractivity contribution in [3.8, 4) is 0 Å². The van der Waals surface area contributed by atoms with E-state index in [0.717, 1.165) is 0 Å². The number of carbonyl (C=O) groups excluding carboxylic acids is 1. The van der Waals surface area contributed by atoms with E-state index >= 15 is 0 Å². The molecule has 0 aliphatic rings. The molecule has 0 bridgehead atoms. The standard InChI is InChI=1S/C11H12N4O4/c1-7(10(16)17)13-11(18)19-6-8-2-4-9(5-3-8)14-15-12/h2-5,7H,6H2,1H3,(H,13,18)(H,16,17). The maximum Gasteiger partial charge on any atom is 0.408 e. The number of alkyl carbamates (subject to hydrolysis) is 1. The predicted octanol–water partition coefficient (Wildman–Crippen LogP) is 2.33. The summed E-state index contributed by atoms with van der Waals surface area (Å²) < 4.78 is 4.83. The molecule has 19 heavy (non-hydrogen) atoms. The Morgan fingerprint density at radius 2 is 2.11 bits per heavy atom. The molecule has 0 radical (unpaired) electrons. The molecule has 0 fully saturated rings. The second-order valence-corrected chi connectivity index (χ2v) is 3.64. The fraction of sp³-hybridized carbons (Fsp3) is 0.273. The molecule has 1 aromatic rings. The van der Waals surface area contributed by atoms with Crippen LogP contribution in [-0.4, -0.2) is 23.2 Å². The van der Waals surface area contributed by atoms with E-state index in [4.69, 9.17) is 15.4 Å². The molecule has 0 aromatic heterocycles. The number of rotatable bonds is 5. The molecule has 0 aliphatic heterocycles. The molecule has 0 saturated carbocycles. The number of benzene rings is 1. The molecule has 0 saturated heterocycles. The fourth-order valence-electron chi connectivity index (χ4n) is 1.14. The second-order valence-electron chi connectivity index (χ2n) is 3.64. The van der Waals surface area contributed by atoms with Crippen LogP contribution in [0.4, 0.5) is 10.5 Å². The van der Waals surface area contributed by atoms with Gasteiger partial charge in [0.2, 0.25) is 0 Å². The van der Waals surface area contributed by atoms with E-state index in [1.165, 1.54) is 6.92 Å². The molecule has 8 nitrogen and oxygen atoms in total. The number of ether oxygens (including phenoxy) is 1. The number of carbonyl (C=O) groups is 2. The number of amides is 1. The van der Waals surface area contributed by atoms with Crippen LogP contribution >= 0.6 is 0 Å². The maximum absolute atomic E-state index is 11.2. The van der Waals surface area contributed by atoms with Crippen LogP contribution in [0.2, 0.25) is 0 Å². The number of azide groups is 1. The van der Waals surface area contributed by atoms with Crippen LogP contribution in [-0.2, 0) is 16.1 Å². The molecule has 0 spiro atoms. The number of nitrogens with zero attached hydrogens (tertiary/aromatic N) is 3. The lowest BCUT2D eigenvalue weighted by atomic mass is 10.2. The van der Waals surface area contributed by atoms with Crippen molar-refractivity contribution in [2.75, 3.05) is 0 Å². The third-order valence-corrected chi connectivity index (χ3v) is 2.17. The summed E-state index contributed by atoms with van der Waals surface area (Å²) in [6.45, 7) is 1.33. The zero-order chi connectivity index (χ0) is 14.3. The molecule has 1 aromatic carbocycles. The van der Waals surface area contributed by atoms with Gasteiger partial charge in [-0.15, -0.1) is 0 Å². The fourth-order valence-corrected chi connectivity index (χ4v) is 1.14. The molecule has 1 amide bonds. The van der Waals surface area contributed by atoms with Gasteiger partial charge in [0, 0.05) is 10.6 Å². The molecule has 1 rings (SSSR count). The van der Waals surface area contributed by atoms with Crippen LogP contribution in [0.15, 0.2) is 29.4 Å². The molecule has 0 heterocycles. The zero-order valence-electron chi connectivity index (χ0n) is 10.1. The van der Waals surface area contributed by atoms with Gasteiger partial charge in [-0.1, -0.05) is 29.4 Å². The third kappa shape index (κ3) is 4.97. The van der Waals surface area contributed by atoms with E-state index in [1.807, 2.05) is 0 Å². The lowest BCUT2D eigenvalue weighted by molar-refractivity contribution is -0.138. The molecule has 1 unspecified atom stereocenters. The summed E-state index contributed by atoms with van der Waals surface area (Å²) in [4.78, 5) is 24.4. The molecule has 2 N–H and O–H groups in total. The van der Waals surface area contributed by atoms with Gasteiger partial charge in [0.1, 0.15) is 12.6 Å².